The summed E-state index contributed by atoms with van der Waals surface area (Å²) in [4.78, 5) is 11.9. The number of benzene rings is 2. The summed E-state index contributed by atoms with van der Waals surface area (Å²) in [5, 5.41) is 18.4. The number of rotatable bonds is 3. The summed E-state index contributed by atoms with van der Waals surface area (Å²) in [6.07, 6.45) is 0.116. The molecular formula is C14H11FO3. The Morgan fingerprint density at radius 1 is 1.00 bits per heavy atom. The van der Waals surface area contributed by atoms with E-state index in [-0.39, 0.29) is 29.5 Å². The first-order chi connectivity index (χ1) is 8.56. The van der Waals surface area contributed by atoms with Crippen molar-refractivity contribution >= 4 is 5.78 Å². The van der Waals surface area contributed by atoms with Gasteiger partial charge in [0, 0.05) is 12.0 Å². The van der Waals surface area contributed by atoms with Gasteiger partial charge in [-0.3, -0.25) is 4.79 Å². The smallest absolute Gasteiger partial charge is 0.167 e. The van der Waals surface area contributed by atoms with Gasteiger partial charge >= 0.3 is 0 Å². The first-order valence-electron chi connectivity index (χ1n) is 5.36. The van der Waals surface area contributed by atoms with Crippen molar-refractivity contribution in [3.05, 3.63) is 59.4 Å². The third kappa shape index (κ3) is 2.66. The lowest BCUT2D eigenvalue weighted by Gasteiger charge is -2.03. The Kier molecular flexibility index (Phi) is 3.28. The van der Waals surface area contributed by atoms with Crippen molar-refractivity contribution in [1.29, 1.82) is 0 Å². The molecule has 0 aromatic heterocycles. The summed E-state index contributed by atoms with van der Waals surface area (Å²) in [7, 11) is 0. The van der Waals surface area contributed by atoms with Gasteiger partial charge in [0.1, 0.15) is 5.82 Å². The topological polar surface area (TPSA) is 57.5 Å². The lowest BCUT2D eigenvalue weighted by molar-refractivity contribution is 0.0992. The molecule has 0 bridgehead atoms. The summed E-state index contributed by atoms with van der Waals surface area (Å²) < 4.78 is 12.7. The second-order valence-corrected chi connectivity index (χ2v) is 3.93. The minimum Gasteiger partial charge on any atom is -0.504 e. The number of Topliss-reactive ketones (excluding diaryl/α,β-unsaturated/α-hetero) is 1. The summed E-state index contributed by atoms with van der Waals surface area (Å²) in [5.74, 6) is -1.17. The van der Waals surface area contributed by atoms with Crippen LogP contribution in [0.5, 0.6) is 11.5 Å². The van der Waals surface area contributed by atoms with E-state index in [1.165, 1.54) is 42.5 Å². The highest BCUT2D eigenvalue weighted by molar-refractivity contribution is 5.98. The summed E-state index contributed by atoms with van der Waals surface area (Å²) in [6, 6.07) is 9.55. The Labute approximate surface area is 103 Å². The van der Waals surface area contributed by atoms with E-state index in [0.717, 1.165) is 0 Å². The Hall–Kier alpha value is -2.36. The van der Waals surface area contributed by atoms with Crippen LogP contribution >= 0.6 is 0 Å². The largest absolute Gasteiger partial charge is 0.504 e. The Balaban J connectivity index is 2.16. The Morgan fingerprint density at radius 3 is 2.28 bits per heavy atom. The second kappa shape index (κ2) is 4.87. The van der Waals surface area contributed by atoms with Crippen LogP contribution < -0.4 is 0 Å². The van der Waals surface area contributed by atoms with Gasteiger partial charge in [0.25, 0.3) is 0 Å². The standard InChI is InChI=1S/C14H11FO3/c15-11-4-1-9(2-5-11)7-13(17)10-3-6-12(16)14(18)8-10/h1-6,8,16,18H,7H2. The van der Waals surface area contributed by atoms with E-state index in [1.54, 1.807) is 0 Å². The van der Waals surface area contributed by atoms with Gasteiger partial charge in [-0.05, 0) is 35.9 Å². The third-order valence-corrected chi connectivity index (χ3v) is 2.58. The molecule has 2 aromatic rings. The van der Waals surface area contributed by atoms with Crippen LogP contribution in [0, 0.1) is 5.82 Å². The fourth-order valence-electron chi connectivity index (χ4n) is 1.59. The Bertz CT molecular complexity index is 576. The van der Waals surface area contributed by atoms with Crippen molar-refractivity contribution in [3.8, 4) is 11.5 Å². The van der Waals surface area contributed by atoms with Crippen LogP contribution in [0.2, 0.25) is 0 Å². The summed E-state index contributed by atoms with van der Waals surface area (Å²) in [6.45, 7) is 0. The van der Waals surface area contributed by atoms with Crippen LogP contribution in [-0.4, -0.2) is 16.0 Å². The SMILES string of the molecule is O=C(Cc1ccc(F)cc1)c1ccc(O)c(O)c1. The van der Waals surface area contributed by atoms with Gasteiger partial charge < -0.3 is 10.2 Å². The fraction of sp³-hybridized carbons (Fsp3) is 0.0714. The first-order valence-corrected chi connectivity index (χ1v) is 5.36. The van der Waals surface area contributed by atoms with Crippen molar-refractivity contribution < 1.29 is 19.4 Å². The molecule has 0 aliphatic carbocycles. The maximum absolute atomic E-state index is 12.7. The third-order valence-electron chi connectivity index (χ3n) is 2.58. The average Bonchev–Trinajstić information content (AvgIpc) is 2.35. The number of aromatic hydroxyl groups is 2. The van der Waals surface area contributed by atoms with E-state index in [2.05, 4.69) is 0 Å². The number of phenols is 2. The molecule has 2 aromatic carbocycles. The number of carbonyl (C=O) groups excluding carboxylic acids is 1. The van der Waals surface area contributed by atoms with Gasteiger partial charge in [0.05, 0.1) is 0 Å². The normalized spacial score (nSPS) is 10.3. The molecule has 0 aliphatic rings. The predicted molar refractivity (Wildman–Crippen MR) is 64.2 cm³/mol. The average molecular weight is 246 g/mol. The van der Waals surface area contributed by atoms with Crippen LogP contribution in [0.4, 0.5) is 4.39 Å². The second-order valence-electron chi connectivity index (χ2n) is 3.93. The lowest BCUT2D eigenvalue weighted by atomic mass is 10.0. The van der Waals surface area contributed by atoms with Crippen molar-refractivity contribution in [2.45, 2.75) is 6.42 Å². The van der Waals surface area contributed by atoms with E-state index in [9.17, 15) is 14.3 Å². The molecule has 0 amide bonds. The minimum atomic E-state index is -0.353. The summed E-state index contributed by atoms with van der Waals surface area (Å²) >= 11 is 0. The van der Waals surface area contributed by atoms with Crippen LogP contribution in [-0.2, 0) is 6.42 Å². The number of phenolic OH excluding ortho intramolecular Hbond substituents is 2. The van der Waals surface area contributed by atoms with Crippen LogP contribution in [0.3, 0.4) is 0 Å². The molecule has 0 radical (unpaired) electrons. The molecule has 0 aliphatic heterocycles. The Morgan fingerprint density at radius 2 is 1.67 bits per heavy atom. The first kappa shape index (κ1) is 12.1. The molecule has 0 atom stereocenters. The number of hydrogen-bond acceptors (Lipinski definition) is 3. The molecule has 2 N–H and O–H groups in total. The van der Waals surface area contributed by atoms with Crippen molar-refractivity contribution in [1.82, 2.24) is 0 Å². The quantitative estimate of drug-likeness (QED) is 0.646. The van der Waals surface area contributed by atoms with Gasteiger partial charge in [-0.25, -0.2) is 4.39 Å². The van der Waals surface area contributed by atoms with Gasteiger partial charge in [-0.2, -0.15) is 0 Å². The van der Waals surface area contributed by atoms with Gasteiger partial charge in [-0.1, -0.05) is 12.1 Å². The van der Waals surface area contributed by atoms with Gasteiger partial charge in [-0.15, -0.1) is 0 Å². The van der Waals surface area contributed by atoms with Gasteiger partial charge in [0.15, 0.2) is 17.3 Å². The summed E-state index contributed by atoms with van der Waals surface area (Å²) in [5.41, 5.74) is 0.989. The predicted octanol–water partition coefficient (Wildman–Crippen LogP) is 2.66. The lowest BCUT2D eigenvalue weighted by Crippen LogP contribution is -2.03. The number of hydrogen-bond donors (Lipinski definition) is 2. The van der Waals surface area contributed by atoms with E-state index >= 15 is 0 Å². The zero-order valence-electron chi connectivity index (χ0n) is 9.43. The molecule has 0 fully saturated rings. The van der Waals surface area contributed by atoms with E-state index < -0.39 is 0 Å². The molecule has 92 valence electrons. The molecule has 3 nitrogen and oxygen atoms in total. The monoisotopic (exact) mass is 246 g/mol. The van der Waals surface area contributed by atoms with Crippen molar-refractivity contribution in [2.75, 3.05) is 0 Å². The molecule has 0 spiro atoms. The van der Waals surface area contributed by atoms with Crippen LogP contribution in [0.25, 0.3) is 0 Å². The number of carbonyl (C=O) groups is 1. The van der Waals surface area contributed by atoms with E-state index in [0.29, 0.717) is 11.1 Å². The molecule has 0 heterocycles. The highest BCUT2D eigenvalue weighted by atomic mass is 19.1. The minimum absolute atomic E-state index is 0.116. The van der Waals surface area contributed by atoms with Crippen LogP contribution in [0.1, 0.15) is 15.9 Å². The molecule has 18 heavy (non-hydrogen) atoms. The molecular weight excluding hydrogens is 235 g/mol. The van der Waals surface area contributed by atoms with Gasteiger partial charge in [0.2, 0.25) is 0 Å². The van der Waals surface area contributed by atoms with E-state index in [1.807, 2.05) is 0 Å². The fourth-order valence-corrected chi connectivity index (χ4v) is 1.59. The molecule has 0 unspecified atom stereocenters. The highest BCUT2D eigenvalue weighted by Gasteiger charge is 2.09. The maximum Gasteiger partial charge on any atom is 0.167 e. The molecule has 2 rings (SSSR count). The maximum atomic E-state index is 12.7. The zero-order valence-corrected chi connectivity index (χ0v) is 9.43. The number of halogens is 1. The molecule has 0 saturated heterocycles. The molecule has 4 heteroatoms. The zero-order chi connectivity index (χ0) is 13.1. The van der Waals surface area contributed by atoms with Crippen molar-refractivity contribution in [3.63, 3.8) is 0 Å². The molecule has 0 saturated carbocycles. The van der Waals surface area contributed by atoms with E-state index in [4.69, 9.17) is 5.11 Å². The number of ketones is 1. The van der Waals surface area contributed by atoms with Crippen molar-refractivity contribution in [2.24, 2.45) is 0 Å². The highest BCUT2D eigenvalue weighted by Crippen LogP contribution is 2.25. The van der Waals surface area contributed by atoms with Crippen LogP contribution in [0.15, 0.2) is 42.5 Å².